The first-order chi connectivity index (χ1) is 10.7. The maximum atomic E-state index is 12.5. The molecule has 4 heteroatoms. The molecule has 2 aliphatic rings. The number of benzene rings is 2. The lowest BCUT2D eigenvalue weighted by atomic mass is 9.99. The average molecular weight is 294 g/mol. The fourth-order valence-corrected chi connectivity index (χ4v) is 3.84. The van der Waals surface area contributed by atoms with Crippen LogP contribution in [0.1, 0.15) is 36.0 Å². The summed E-state index contributed by atoms with van der Waals surface area (Å²) >= 11 is 0. The minimum atomic E-state index is -0.343. The van der Waals surface area contributed by atoms with Crippen molar-refractivity contribution < 1.29 is 9.90 Å². The molecule has 0 heterocycles. The predicted octanol–water partition coefficient (Wildman–Crippen LogP) is 3.45. The summed E-state index contributed by atoms with van der Waals surface area (Å²) in [7, 11) is 0. The van der Waals surface area contributed by atoms with Crippen molar-refractivity contribution in [2.45, 2.75) is 25.7 Å². The molecule has 0 aromatic heterocycles. The number of hydrogen-bond donors (Lipinski definition) is 2. The first kappa shape index (κ1) is 13.3. The third-order valence-corrected chi connectivity index (χ3v) is 4.95. The van der Waals surface area contributed by atoms with E-state index in [1.165, 1.54) is 19.3 Å². The average Bonchev–Trinajstić information content (AvgIpc) is 3.15. The van der Waals surface area contributed by atoms with Crippen LogP contribution in [0.2, 0.25) is 0 Å². The van der Waals surface area contributed by atoms with Gasteiger partial charge in [0.2, 0.25) is 0 Å². The number of amides is 1. The molecule has 0 spiro atoms. The zero-order chi connectivity index (χ0) is 15.1. The molecular formula is C18H18N2O2. The number of phenolic OH excluding ortho intramolecular Hbond substituents is 1. The number of nitrogens with zero attached hydrogens (tertiary/aromatic N) is 1. The molecule has 0 saturated heterocycles. The molecule has 0 radical (unpaired) electrons. The van der Waals surface area contributed by atoms with E-state index in [1.54, 1.807) is 6.07 Å². The van der Waals surface area contributed by atoms with Crippen LogP contribution in [0.25, 0.3) is 10.8 Å². The molecule has 2 aromatic rings. The Labute approximate surface area is 128 Å². The summed E-state index contributed by atoms with van der Waals surface area (Å²) in [5.41, 5.74) is 4.06. The lowest BCUT2D eigenvalue weighted by Gasteiger charge is -2.12. The fourth-order valence-electron chi connectivity index (χ4n) is 3.84. The molecule has 22 heavy (non-hydrogen) atoms. The number of fused-ring (bicyclic) bond motifs is 3. The van der Waals surface area contributed by atoms with Gasteiger partial charge >= 0.3 is 0 Å². The van der Waals surface area contributed by atoms with Gasteiger partial charge in [0.25, 0.3) is 5.91 Å². The van der Waals surface area contributed by atoms with Crippen molar-refractivity contribution in [2.24, 2.45) is 16.9 Å². The summed E-state index contributed by atoms with van der Waals surface area (Å²) < 4.78 is 0. The zero-order valence-electron chi connectivity index (χ0n) is 12.2. The van der Waals surface area contributed by atoms with Gasteiger partial charge in [-0.3, -0.25) is 4.79 Å². The minimum Gasteiger partial charge on any atom is -0.507 e. The van der Waals surface area contributed by atoms with Crippen LogP contribution in [0, 0.1) is 11.8 Å². The number of nitrogens with one attached hydrogen (secondary N) is 1. The highest BCUT2D eigenvalue weighted by molar-refractivity contribution is 6.09. The van der Waals surface area contributed by atoms with Crippen LogP contribution in [0.3, 0.4) is 0 Å². The highest BCUT2D eigenvalue weighted by Crippen LogP contribution is 2.42. The summed E-state index contributed by atoms with van der Waals surface area (Å²) in [6.07, 6.45) is 4.71. The Morgan fingerprint density at radius 2 is 2.05 bits per heavy atom. The third kappa shape index (κ3) is 2.15. The third-order valence-electron chi connectivity index (χ3n) is 4.95. The van der Waals surface area contributed by atoms with E-state index in [1.807, 2.05) is 30.3 Å². The van der Waals surface area contributed by atoms with E-state index >= 15 is 0 Å². The maximum Gasteiger partial charge on any atom is 0.275 e. The second-order valence-corrected chi connectivity index (χ2v) is 6.31. The number of rotatable bonds is 2. The summed E-state index contributed by atoms with van der Waals surface area (Å²) in [4.78, 5) is 12.5. The van der Waals surface area contributed by atoms with Gasteiger partial charge in [0.1, 0.15) is 5.75 Å². The predicted molar refractivity (Wildman–Crippen MR) is 86.0 cm³/mol. The SMILES string of the molecule is O=C(NN=C1CC2CCC1C2)c1c(O)ccc2ccccc12. The molecule has 2 atom stereocenters. The number of aromatic hydroxyl groups is 1. The molecule has 1 amide bonds. The Balaban J connectivity index is 1.63. The van der Waals surface area contributed by atoms with Crippen LogP contribution >= 0.6 is 0 Å². The number of hydrogen-bond acceptors (Lipinski definition) is 3. The van der Waals surface area contributed by atoms with Crippen LogP contribution in [-0.2, 0) is 0 Å². The Hall–Kier alpha value is -2.36. The van der Waals surface area contributed by atoms with Gasteiger partial charge in [-0.05, 0) is 54.4 Å². The van der Waals surface area contributed by atoms with Crippen molar-refractivity contribution >= 4 is 22.4 Å². The second kappa shape index (κ2) is 5.13. The van der Waals surface area contributed by atoms with Gasteiger partial charge in [-0.1, -0.05) is 30.3 Å². The van der Waals surface area contributed by atoms with Gasteiger partial charge in [-0.2, -0.15) is 5.10 Å². The number of carbonyl (C=O) groups excluding carboxylic acids is 1. The summed E-state index contributed by atoms with van der Waals surface area (Å²) in [6.45, 7) is 0. The van der Waals surface area contributed by atoms with E-state index in [0.29, 0.717) is 11.5 Å². The van der Waals surface area contributed by atoms with Gasteiger partial charge in [0, 0.05) is 5.71 Å². The number of phenols is 1. The molecule has 2 saturated carbocycles. The molecule has 0 aliphatic heterocycles. The van der Waals surface area contributed by atoms with Gasteiger partial charge in [-0.15, -0.1) is 0 Å². The highest BCUT2D eigenvalue weighted by atomic mass is 16.3. The fraction of sp³-hybridized carbons (Fsp3) is 0.333. The van der Waals surface area contributed by atoms with Crippen molar-refractivity contribution in [2.75, 3.05) is 0 Å². The van der Waals surface area contributed by atoms with Crippen LogP contribution in [0.15, 0.2) is 41.5 Å². The smallest absolute Gasteiger partial charge is 0.275 e. The van der Waals surface area contributed by atoms with Crippen molar-refractivity contribution in [1.29, 1.82) is 0 Å². The van der Waals surface area contributed by atoms with Crippen LogP contribution < -0.4 is 5.43 Å². The maximum absolute atomic E-state index is 12.5. The van der Waals surface area contributed by atoms with E-state index in [0.717, 1.165) is 28.8 Å². The van der Waals surface area contributed by atoms with Crippen molar-refractivity contribution in [1.82, 2.24) is 5.43 Å². The molecule has 2 bridgehead atoms. The standard InChI is InChI=1S/C18H18N2O2/c21-16-8-7-12-3-1-2-4-14(12)17(16)18(22)20-19-15-10-11-5-6-13(15)9-11/h1-4,7-8,11,13,21H,5-6,9-10H2,(H,20,22). The highest BCUT2D eigenvalue weighted by Gasteiger charge is 2.36. The van der Waals surface area contributed by atoms with E-state index in [9.17, 15) is 9.90 Å². The minimum absolute atomic E-state index is 0.00987. The van der Waals surface area contributed by atoms with E-state index in [4.69, 9.17) is 0 Å². The van der Waals surface area contributed by atoms with Crippen molar-refractivity contribution in [3.05, 3.63) is 42.0 Å². The molecule has 2 unspecified atom stereocenters. The zero-order valence-corrected chi connectivity index (χ0v) is 12.2. The van der Waals surface area contributed by atoms with E-state index < -0.39 is 0 Å². The lowest BCUT2D eigenvalue weighted by molar-refractivity contribution is 0.0953. The molecule has 112 valence electrons. The summed E-state index contributed by atoms with van der Waals surface area (Å²) in [5, 5.41) is 16.1. The Morgan fingerprint density at radius 3 is 2.82 bits per heavy atom. The van der Waals surface area contributed by atoms with Crippen LogP contribution in [0.5, 0.6) is 5.75 Å². The number of hydrazone groups is 1. The summed E-state index contributed by atoms with van der Waals surface area (Å²) in [6, 6.07) is 10.9. The first-order valence-electron chi connectivity index (χ1n) is 7.80. The number of carbonyl (C=O) groups is 1. The molecule has 2 fully saturated rings. The first-order valence-corrected chi connectivity index (χ1v) is 7.80. The molecule has 2 aliphatic carbocycles. The van der Waals surface area contributed by atoms with E-state index in [-0.39, 0.29) is 11.7 Å². The second-order valence-electron chi connectivity index (χ2n) is 6.31. The molecule has 2 aromatic carbocycles. The van der Waals surface area contributed by atoms with Gasteiger partial charge in [-0.25, -0.2) is 5.43 Å². The van der Waals surface area contributed by atoms with Crippen molar-refractivity contribution in [3.8, 4) is 5.75 Å². The molecule has 4 nitrogen and oxygen atoms in total. The van der Waals surface area contributed by atoms with Gasteiger partial charge in [0.05, 0.1) is 5.56 Å². The molecule has 2 N–H and O–H groups in total. The van der Waals surface area contributed by atoms with Crippen LogP contribution in [-0.4, -0.2) is 16.7 Å². The summed E-state index contributed by atoms with van der Waals surface area (Å²) in [5.74, 6) is 0.951. The van der Waals surface area contributed by atoms with Crippen molar-refractivity contribution in [3.63, 3.8) is 0 Å². The lowest BCUT2D eigenvalue weighted by Crippen LogP contribution is -2.22. The Bertz CT molecular complexity index is 782. The van der Waals surface area contributed by atoms with Gasteiger partial charge < -0.3 is 5.11 Å². The normalized spacial score (nSPS) is 25.0. The van der Waals surface area contributed by atoms with E-state index in [2.05, 4.69) is 10.5 Å². The molecule has 4 rings (SSSR count). The Kier molecular flexibility index (Phi) is 3.10. The largest absolute Gasteiger partial charge is 0.507 e. The van der Waals surface area contributed by atoms with Gasteiger partial charge in [0.15, 0.2) is 0 Å². The Morgan fingerprint density at radius 1 is 1.18 bits per heavy atom. The van der Waals surface area contributed by atoms with Crippen LogP contribution in [0.4, 0.5) is 0 Å². The monoisotopic (exact) mass is 294 g/mol. The quantitative estimate of drug-likeness (QED) is 0.833. The topological polar surface area (TPSA) is 61.7 Å². The molecular weight excluding hydrogens is 276 g/mol.